The SMILES string of the molecule is CC(C)C[C@@H](C(=O)NNS(C)(=O)=O)[C@H](CC=Cc1ccccc1)C(=O)NOC1CCCCO1. The molecule has 1 unspecified atom stereocenters. The molecular weight excluding hydrogens is 446 g/mol. The standard InChI is InChI=1S/C23H35N3O6S/c1-17(2)16-20(22(27)24-26-33(3,29)30)19(13-9-12-18-10-5-4-6-11-18)23(28)25-32-21-14-7-8-15-31-21/h4-6,9-12,17,19-21,26H,7-8,13-16H2,1-3H3,(H,24,27)(H,25,28)/t19-,20+,21?/m0/s1. The Morgan fingerprint density at radius 2 is 1.88 bits per heavy atom. The van der Waals surface area contributed by atoms with Crippen molar-refractivity contribution < 1.29 is 27.6 Å². The van der Waals surface area contributed by atoms with E-state index in [1.54, 1.807) is 0 Å². The molecule has 184 valence electrons. The Balaban J connectivity index is 2.17. The Morgan fingerprint density at radius 3 is 2.48 bits per heavy atom. The number of rotatable bonds is 12. The quantitative estimate of drug-likeness (QED) is 0.394. The summed E-state index contributed by atoms with van der Waals surface area (Å²) in [6.45, 7) is 4.44. The second-order valence-corrected chi connectivity index (χ2v) is 10.4. The molecule has 0 bridgehead atoms. The van der Waals surface area contributed by atoms with E-state index in [2.05, 4.69) is 10.9 Å². The number of carbonyl (C=O) groups excluding carboxylic acids is 2. The van der Waals surface area contributed by atoms with Crippen LogP contribution in [0.3, 0.4) is 0 Å². The monoisotopic (exact) mass is 481 g/mol. The van der Waals surface area contributed by atoms with Gasteiger partial charge in [-0.1, -0.05) is 56.3 Å². The molecule has 1 aliphatic rings. The number of nitrogens with one attached hydrogen (secondary N) is 3. The van der Waals surface area contributed by atoms with E-state index in [0.29, 0.717) is 19.4 Å². The van der Waals surface area contributed by atoms with Crippen molar-refractivity contribution >= 4 is 27.9 Å². The normalized spacial score (nSPS) is 18.7. The van der Waals surface area contributed by atoms with Gasteiger partial charge in [0.1, 0.15) is 0 Å². The van der Waals surface area contributed by atoms with Gasteiger partial charge in [0.15, 0.2) is 6.29 Å². The summed E-state index contributed by atoms with van der Waals surface area (Å²) in [6.07, 6.45) is 7.35. The first-order valence-electron chi connectivity index (χ1n) is 11.2. The van der Waals surface area contributed by atoms with E-state index in [0.717, 1.165) is 24.7 Å². The van der Waals surface area contributed by atoms with Gasteiger partial charge >= 0.3 is 0 Å². The van der Waals surface area contributed by atoms with Crippen molar-refractivity contribution in [3.05, 3.63) is 42.0 Å². The number of amides is 2. The number of ether oxygens (including phenoxy) is 1. The van der Waals surface area contributed by atoms with Gasteiger partial charge in [0, 0.05) is 13.0 Å². The van der Waals surface area contributed by atoms with Gasteiger partial charge in [0.05, 0.1) is 18.1 Å². The lowest BCUT2D eigenvalue weighted by atomic mass is 9.82. The predicted octanol–water partition coefficient (Wildman–Crippen LogP) is 2.52. The van der Waals surface area contributed by atoms with Crippen molar-refractivity contribution in [2.45, 2.75) is 52.2 Å². The third-order valence-electron chi connectivity index (χ3n) is 5.17. The van der Waals surface area contributed by atoms with Gasteiger partial charge in [0.2, 0.25) is 21.8 Å². The van der Waals surface area contributed by atoms with Crippen LogP contribution in [0, 0.1) is 17.8 Å². The molecule has 1 aromatic rings. The van der Waals surface area contributed by atoms with E-state index in [1.807, 2.05) is 61.2 Å². The second-order valence-electron chi connectivity index (χ2n) is 8.64. The summed E-state index contributed by atoms with van der Waals surface area (Å²) in [5.41, 5.74) is 5.66. The topological polar surface area (TPSA) is 123 Å². The van der Waals surface area contributed by atoms with Crippen molar-refractivity contribution in [2.24, 2.45) is 17.8 Å². The maximum absolute atomic E-state index is 13.1. The summed E-state index contributed by atoms with van der Waals surface area (Å²) in [5, 5.41) is 0. The molecule has 0 aliphatic carbocycles. The number of hydroxylamine groups is 1. The zero-order valence-electron chi connectivity index (χ0n) is 19.5. The molecule has 1 aliphatic heterocycles. The van der Waals surface area contributed by atoms with Crippen molar-refractivity contribution in [2.75, 3.05) is 12.9 Å². The molecule has 2 rings (SSSR count). The summed E-state index contributed by atoms with van der Waals surface area (Å²) in [4.78, 5) is 33.5. The minimum atomic E-state index is -3.64. The van der Waals surface area contributed by atoms with Gasteiger partial charge in [-0.25, -0.2) is 18.7 Å². The first-order chi connectivity index (χ1) is 15.7. The first kappa shape index (κ1) is 27.0. The van der Waals surface area contributed by atoms with Gasteiger partial charge < -0.3 is 4.74 Å². The largest absolute Gasteiger partial charge is 0.350 e. The number of benzene rings is 1. The maximum atomic E-state index is 13.1. The lowest BCUT2D eigenvalue weighted by Crippen LogP contribution is -2.49. The zero-order chi connectivity index (χ0) is 24.3. The molecular formula is C23H35N3O6S. The fraction of sp³-hybridized carbons (Fsp3) is 0.565. The number of hydrogen-bond acceptors (Lipinski definition) is 6. The molecule has 3 N–H and O–H groups in total. The molecule has 0 spiro atoms. The summed E-state index contributed by atoms with van der Waals surface area (Å²) < 4.78 is 28.4. The Kier molecular flexibility index (Phi) is 11.0. The highest BCUT2D eigenvalue weighted by Gasteiger charge is 2.34. The van der Waals surface area contributed by atoms with E-state index >= 15 is 0 Å². The zero-order valence-corrected chi connectivity index (χ0v) is 20.3. The fourth-order valence-corrected chi connectivity index (χ4v) is 3.86. The lowest BCUT2D eigenvalue weighted by molar-refractivity contribution is -0.203. The van der Waals surface area contributed by atoms with Crippen LogP contribution in [0.5, 0.6) is 0 Å². The summed E-state index contributed by atoms with van der Waals surface area (Å²) in [5.74, 6) is -2.50. The lowest BCUT2D eigenvalue weighted by Gasteiger charge is -2.27. The molecule has 0 radical (unpaired) electrons. The minimum Gasteiger partial charge on any atom is -0.350 e. The van der Waals surface area contributed by atoms with Crippen LogP contribution in [0.25, 0.3) is 6.08 Å². The summed E-state index contributed by atoms with van der Waals surface area (Å²) in [6, 6.07) is 9.60. The van der Waals surface area contributed by atoms with Crippen LogP contribution >= 0.6 is 0 Å². The molecule has 33 heavy (non-hydrogen) atoms. The molecule has 3 atom stereocenters. The van der Waals surface area contributed by atoms with Crippen LogP contribution in [0.4, 0.5) is 0 Å². The van der Waals surface area contributed by atoms with Gasteiger partial charge in [-0.15, -0.1) is 4.83 Å². The highest BCUT2D eigenvalue weighted by Crippen LogP contribution is 2.26. The molecule has 1 fully saturated rings. The molecule has 0 saturated carbocycles. The number of sulfonamides is 1. The smallest absolute Gasteiger partial charge is 0.247 e. The van der Waals surface area contributed by atoms with Crippen LogP contribution in [0.1, 0.15) is 51.5 Å². The van der Waals surface area contributed by atoms with Crippen molar-refractivity contribution in [3.8, 4) is 0 Å². The Bertz CT molecular complexity index is 883. The Morgan fingerprint density at radius 1 is 1.15 bits per heavy atom. The highest BCUT2D eigenvalue weighted by atomic mass is 32.2. The van der Waals surface area contributed by atoms with Gasteiger partial charge in [-0.3, -0.25) is 15.0 Å². The van der Waals surface area contributed by atoms with Crippen LogP contribution in [0.2, 0.25) is 0 Å². The van der Waals surface area contributed by atoms with Crippen molar-refractivity contribution in [1.82, 2.24) is 15.7 Å². The number of hydrazine groups is 1. The van der Waals surface area contributed by atoms with Crippen molar-refractivity contribution in [3.63, 3.8) is 0 Å². The Hall–Kier alpha value is -2.27. The Labute approximate surface area is 196 Å². The van der Waals surface area contributed by atoms with Gasteiger partial charge in [-0.05, 0) is 37.2 Å². The molecule has 9 nitrogen and oxygen atoms in total. The number of carbonyl (C=O) groups is 2. The second kappa shape index (κ2) is 13.4. The molecule has 1 heterocycles. The fourth-order valence-electron chi connectivity index (χ4n) is 3.57. The van der Waals surface area contributed by atoms with Gasteiger partial charge in [0.25, 0.3) is 0 Å². The average Bonchev–Trinajstić information content (AvgIpc) is 2.78. The number of hydrogen-bond donors (Lipinski definition) is 3. The van der Waals surface area contributed by atoms with Crippen LogP contribution in [0.15, 0.2) is 36.4 Å². The number of allylic oxidation sites excluding steroid dienone is 1. The molecule has 10 heteroatoms. The highest BCUT2D eigenvalue weighted by molar-refractivity contribution is 7.88. The summed E-state index contributed by atoms with van der Waals surface area (Å²) in [7, 11) is -3.64. The minimum absolute atomic E-state index is 0.0926. The molecule has 1 saturated heterocycles. The van der Waals surface area contributed by atoms with E-state index in [1.165, 1.54) is 0 Å². The molecule has 1 aromatic carbocycles. The molecule has 0 aromatic heterocycles. The summed E-state index contributed by atoms with van der Waals surface area (Å²) >= 11 is 0. The van der Waals surface area contributed by atoms with E-state index in [4.69, 9.17) is 9.57 Å². The maximum Gasteiger partial charge on any atom is 0.247 e. The van der Waals surface area contributed by atoms with Crippen LogP contribution in [-0.4, -0.2) is 39.4 Å². The van der Waals surface area contributed by atoms with E-state index in [-0.39, 0.29) is 12.3 Å². The third kappa shape index (κ3) is 10.5. The third-order valence-corrected chi connectivity index (χ3v) is 5.65. The first-order valence-corrected chi connectivity index (χ1v) is 13.1. The average molecular weight is 482 g/mol. The molecule has 2 amide bonds. The van der Waals surface area contributed by atoms with Crippen molar-refractivity contribution in [1.29, 1.82) is 0 Å². The van der Waals surface area contributed by atoms with E-state index < -0.39 is 40.0 Å². The predicted molar refractivity (Wildman–Crippen MR) is 125 cm³/mol. The van der Waals surface area contributed by atoms with E-state index in [9.17, 15) is 18.0 Å². The van der Waals surface area contributed by atoms with Gasteiger partial charge in [-0.2, -0.15) is 0 Å². The van der Waals surface area contributed by atoms with Crippen LogP contribution < -0.4 is 15.7 Å². The van der Waals surface area contributed by atoms with Crippen LogP contribution in [-0.2, 0) is 29.2 Å².